The van der Waals surface area contributed by atoms with E-state index >= 15 is 0 Å². The molecule has 0 spiro atoms. The molecular weight excluding hydrogens is 462 g/mol. The van der Waals surface area contributed by atoms with Gasteiger partial charge in [-0.3, -0.25) is 0 Å². The Morgan fingerprint density at radius 3 is 2.22 bits per heavy atom. The van der Waals surface area contributed by atoms with Crippen LogP contribution in [0.2, 0.25) is 0 Å². The summed E-state index contributed by atoms with van der Waals surface area (Å²) in [7, 11) is 0. The summed E-state index contributed by atoms with van der Waals surface area (Å²) >= 11 is 0. The van der Waals surface area contributed by atoms with Crippen LogP contribution in [0, 0.1) is 6.92 Å². The van der Waals surface area contributed by atoms with Gasteiger partial charge < -0.3 is 14.2 Å². The molecule has 0 amide bonds. The smallest absolute Gasteiger partial charge is 0.363 e. The predicted octanol–water partition coefficient (Wildman–Crippen LogP) is 6.98. The number of carbonyl (C=O) groups excluding carboxylic acids is 1. The number of rotatable bonds is 8. The highest BCUT2D eigenvalue weighted by atomic mass is 16.6. The molecule has 0 bridgehead atoms. The SMILES string of the molecule is CCOc1cc(/C=C2\N=C(c3ccc(-c4ccccc4)cc3)OC2=O)ccc1OCc1ccc(C)cc1. The number of nitrogens with zero attached hydrogens (tertiary/aromatic N) is 1. The van der Waals surface area contributed by atoms with Crippen molar-refractivity contribution >= 4 is 17.9 Å². The van der Waals surface area contributed by atoms with E-state index in [2.05, 4.69) is 36.2 Å². The molecule has 0 saturated heterocycles. The largest absolute Gasteiger partial charge is 0.490 e. The van der Waals surface area contributed by atoms with Crippen molar-refractivity contribution in [2.75, 3.05) is 6.61 Å². The van der Waals surface area contributed by atoms with Crippen molar-refractivity contribution in [3.63, 3.8) is 0 Å². The normalized spacial score (nSPS) is 13.8. The maximum absolute atomic E-state index is 12.6. The van der Waals surface area contributed by atoms with Gasteiger partial charge in [0.2, 0.25) is 5.90 Å². The summed E-state index contributed by atoms with van der Waals surface area (Å²) in [5, 5.41) is 0. The molecule has 0 saturated carbocycles. The molecule has 0 aromatic heterocycles. The van der Waals surface area contributed by atoms with Crippen LogP contribution in [0.3, 0.4) is 0 Å². The number of esters is 1. The van der Waals surface area contributed by atoms with Crippen LogP contribution >= 0.6 is 0 Å². The lowest BCUT2D eigenvalue weighted by Crippen LogP contribution is -2.05. The van der Waals surface area contributed by atoms with Crippen molar-refractivity contribution in [2.24, 2.45) is 4.99 Å². The fraction of sp³-hybridized carbons (Fsp3) is 0.125. The van der Waals surface area contributed by atoms with Gasteiger partial charge in [-0.2, -0.15) is 0 Å². The van der Waals surface area contributed by atoms with E-state index in [1.807, 2.05) is 79.7 Å². The van der Waals surface area contributed by atoms with E-state index in [1.54, 1.807) is 6.08 Å². The van der Waals surface area contributed by atoms with E-state index in [-0.39, 0.29) is 5.70 Å². The minimum Gasteiger partial charge on any atom is -0.490 e. The quantitative estimate of drug-likeness (QED) is 0.198. The number of cyclic esters (lactones) is 1. The summed E-state index contributed by atoms with van der Waals surface area (Å²) in [4.78, 5) is 17.0. The molecule has 0 atom stereocenters. The van der Waals surface area contributed by atoms with Crippen LogP contribution in [0.4, 0.5) is 0 Å². The van der Waals surface area contributed by atoms with Gasteiger partial charge in [0.1, 0.15) is 6.61 Å². The number of aliphatic imine (C=N–C) groups is 1. The van der Waals surface area contributed by atoms with Crippen molar-refractivity contribution < 1.29 is 19.0 Å². The van der Waals surface area contributed by atoms with E-state index in [0.29, 0.717) is 30.6 Å². The van der Waals surface area contributed by atoms with Crippen LogP contribution in [0.1, 0.15) is 29.2 Å². The van der Waals surface area contributed by atoms with Gasteiger partial charge in [-0.05, 0) is 66.4 Å². The summed E-state index contributed by atoms with van der Waals surface area (Å²) in [5.74, 6) is 1.05. The highest BCUT2D eigenvalue weighted by molar-refractivity contribution is 6.13. The average Bonchev–Trinajstić information content (AvgIpc) is 3.30. The van der Waals surface area contributed by atoms with Crippen molar-refractivity contribution in [1.82, 2.24) is 0 Å². The Kier molecular flexibility index (Phi) is 7.13. The second-order valence-electron chi connectivity index (χ2n) is 8.69. The lowest BCUT2D eigenvalue weighted by Gasteiger charge is -2.13. The summed E-state index contributed by atoms with van der Waals surface area (Å²) in [6, 6.07) is 31.7. The molecule has 1 heterocycles. The molecule has 5 nitrogen and oxygen atoms in total. The minimum atomic E-state index is -0.486. The number of ether oxygens (including phenoxy) is 3. The second-order valence-corrected chi connectivity index (χ2v) is 8.69. The second kappa shape index (κ2) is 11.0. The summed E-state index contributed by atoms with van der Waals surface area (Å²) < 4.78 is 17.3. The zero-order valence-corrected chi connectivity index (χ0v) is 20.8. The first-order valence-electron chi connectivity index (χ1n) is 12.2. The number of aryl methyl sites for hydroxylation is 1. The maximum atomic E-state index is 12.6. The maximum Gasteiger partial charge on any atom is 0.363 e. The van der Waals surface area contributed by atoms with E-state index in [0.717, 1.165) is 27.8 Å². The Balaban J connectivity index is 1.34. The van der Waals surface area contributed by atoms with Crippen LogP contribution in [0.5, 0.6) is 11.5 Å². The monoisotopic (exact) mass is 489 g/mol. The molecule has 5 rings (SSSR count). The molecule has 0 fully saturated rings. The number of hydrogen-bond donors (Lipinski definition) is 0. The summed E-state index contributed by atoms with van der Waals surface area (Å²) in [5.41, 5.74) is 6.23. The van der Waals surface area contributed by atoms with Crippen LogP contribution in [-0.2, 0) is 16.1 Å². The predicted molar refractivity (Wildman–Crippen MR) is 146 cm³/mol. The third kappa shape index (κ3) is 5.78. The van der Waals surface area contributed by atoms with E-state index < -0.39 is 5.97 Å². The van der Waals surface area contributed by atoms with Gasteiger partial charge in [-0.25, -0.2) is 9.79 Å². The van der Waals surface area contributed by atoms with Gasteiger partial charge in [0.25, 0.3) is 0 Å². The Morgan fingerprint density at radius 2 is 1.49 bits per heavy atom. The van der Waals surface area contributed by atoms with Crippen molar-refractivity contribution in [1.29, 1.82) is 0 Å². The first-order valence-corrected chi connectivity index (χ1v) is 12.2. The van der Waals surface area contributed by atoms with Crippen LogP contribution < -0.4 is 9.47 Å². The molecule has 5 heteroatoms. The summed E-state index contributed by atoms with van der Waals surface area (Å²) in [6.45, 7) is 4.90. The molecule has 0 radical (unpaired) electrons. The van der Waals surface area contributed by atoms with E-state index in [9.17, 15) is 4.79 Å². The van der Waals surface area contributed by atoms with Crippen LogP contribution in [0.15, 0.2) is 108 Å². The van der Waals surface area contributed by atoms with E-state index in [4.69, 9.17) is 14.2 Å². The Labute approximate surface area is 216 Å². The number of hydrogen-bond acceptors (Lipinski definition) is 5. The molecule has 4 aromatic rings. The van der Waals surface area contributed by atoms with Gasteiger partial charge in [0.05, 0.1) is 6.61 Å². The highest BCUT2D eigenvalue weighted by Crippen LogP contribution is 2.31. The van der Waals surface area contributed by atoms with Gasteiger partial charge in [-0.15, -0.1) is 0 Å². The molecule has 0 N–H and O–H groups in total. The topological polar surface area (TPSA) is 57.1 Å². The van der Waals surface area contributed by atoms with Gasteiger partial charge >= 0.3 is 5.97 Å². The Hall–Kier alpha value is -4.64. The molecule has 1 aliphatic rings. The van der Waals surface area contributed by atoms with E-state index in [1.165, 1.54) is 5.56 Å². The molecule has 184 valence electrons. The first kappa shape index (κ1) is 24.1. The molecule has 1 aliphatic heterocycles. The molecule has 0 unspecified atom stereocenters. The number of carbonyl (C=O) groups is 1. The Morgan fingerprint density at radius 1 is 0.784 bits per heavy atom. The van der Waals surface area contributed by atoms with Crippen LogP contribution in [0.25, 0.3) is 17.2 Å². The fourth-order valence-electron chi connectivity index (χ4n) is 3.97. The lowest BCUT2D eigenvalue weighted by molar-refractivity contribution is -0.129. The minimum absolute atomic E-state index is 0.234. The third-order valence-corrected chi connectivity index (χ3v) is 5.95. The molecule has 0 aliphatic carbocycles. The lowest BCUT2D eigenvalue weighted by atomic mass is 10.0. The Bertz CT molecular complexity index is 1450. The molecule has 4 aromatic carbocycles. The zero-order chi connectivity index (χ0) is 25.6. The third-order valence-electron chi connectivity index (χ3n) is 5.95. The van der Waals surface area contributed by atoms with Crippen molar-refractivity contribution in [2.45, 2.75) is 20.5 Å². The average molecular weight is 490 g/mol. The summed E-state index contributed by atoms with van der Waals surface area (Å²) in [6.07, 6.45) is 1.69. The zero-order valence-electron chi connectivity index (χ0n) is 20.8. The van der Waals surface area contributed by atoms with Crippen molar-refractivity contribution in [3.05, 3.63) is 125 Å². The van der Waals surface area contributed by atoms with Gasteiger partial charge in [0, 0.05) is 5.56 Å². The highest BCUT2D eigenvalue weighted by Gasteiger charge is 2.24. The fourth-order valence-corrected chi connectivity index (χ4v) is 3.97. The van der Waals surface area contributed by atoms with Gasteiger partial charge in [-0.1, -0.05) is 78.4 Å². The van der Waals surface area contributed by atoms with Gasteiger partial charge in [0.15, 0.2) is 17.2 Å². The van der Waals surface area contributed by atoms with Crippen molar-refractivity contribution in [3.8, 4) is 22.6 Å². The first-order chi connectivity index (χ1) is 18.1. The standard InChI is InChI=1S/C32H27NO4/c1-3-35-30-20-24(13-18-29(30)36-21-23-11-9-22(2)10-12-23)19-28-32(34)37-31(33-28)27-16-14-26(15-17-27)25-7-5-4-6-8-25/h4-20H,3,21H2,1-2H3/b28-19-. The van der Waals surface area contributed by atoms with Crippen LogP contribution in [-0.4, -0.2) is 18.5 Å². The molecular formula is C32H27NO4. The molecule has 37 heavy (non-hydrogen) atoms. The number of benzene rings is 4.